The molecule has 1 heterocycles. The summed E-state index contributed by atoms with van der Waals surface area (Å²) in [7, 11) is 1.39. The van der Waals surface area contributed by atoms with E-state index in [2.05, 4.69) is 17.0 Å². The van der Waals surface area contributed by atoms with Gasteiger partial charge < -0.3 is 19.1 Å². The molecule has 1 aliphatic heterocycles. The van der Waals surface area contributed by atoms with Crippen LogP contribution in [0, 0.1) is 5.92 Å². The predicted molar refractivity (Wildman–Crippen MR) is 130 cm³/mol. The second-order valence-corrected chi connectivity index (χ2v) is 10.2. The van der Waals surface area contributed by atoms with Crippen LogP contribution in [0.5, 0.6) is 5.75 Å². The number of ether oxygens (including phenoxy) is 3. The number of anilines is 1. The highest BCUT2D eigenvalue weighted by atomic mass is 35.5. The minimum Gasteiger partial charge on any atom is -0.490 e. The molecule has 3 aliphatic rings. The lowest BCUT2D eigenvalue weighted by Gasteiger charge is -2.44. The molecule has 0 N–H and O–H groups in total. The molecule has 6 nitrogen and oxygen atoms in total. The van der Waals surface area contributed by atoms with Crippen LogP contribution in [-0.4, -0.2) is 44.8 Å². The maximum Gasteiger partial charge on any atom is 0.337 e. The summed E-state index contributed by atoms with van der Waals surface area (Å²) in [5, 5.41) is 0.756. The fourth-order valence-electron chi connectivity index (χ4n) is 5.76. The van der Waals surface area contributed by atoms with Gasteiger partial charge in [0, 0.05) is 36.4 Å². The van der Waals surface area contributed by atoms with Gasteiger partial charge in [-0.25, -0.2) is 4.79 Å². The zero-order valence-corrected chi connectivity index (χ0v) is 20.4. The second kappa shape index (κ2) is 9.14. The summed E-state index contributed by atoms with van der Waals surface area (Å²) in [6, 6.07) is 11.7. The summed E-state index contributed by atoms with van der Waals surface area (Å²) in [5.74, 6) is 0.383. The zero-order valence-electron chi connectivity index (χ0n) is 19.6. The molecule has 0 aromatic heterocycles. The number of methoxy groups -OCH3 is 1. The molecule has 7 heteroatoms. The van der Waals surface area contributed by atoms with Gasteiger partial charge in [-0.1, -0.05) is 17.7 Å². The highest BCUT2D eigenvalue weighted by Gasteiger charge is 2.44. The van der Waals surface area contributed by atoms with Gasteiger partial charge in [-0.3, -0.25) is 4.79 Å². The van der Waals surface area contributed by atoms with Gasteiger partial charge in [0.15, 0.2) is 0 Å². The molecule has 0 unspecified atom stereocenters. The third-order valence-corrected chi connectivity index (χ3v) is 7.81. The molecule has 0 bridgehead atoms. The van der Waals surface area contributed by atoms with E-state index in [1.807, 2.05) is 18.2 Å². The topological polar surface area (TPSA) is 65.1 Å². The number of esters is 2. The van der Waals surface area contributed by atoms with Gasteiger partial charge in [0.2, 0.25) is 0 Å². The van der Waals surface area contributed by atoms with Crippen molar-refractivity contribution in [3.63, 3.8) is 0 Å². The number of nitrogens with zero attached hydrogens (tertiary/aromatic N) is 1. The minimum atomic E-state index is -0.374. The molecule has 180 valence electrons. The van der Waals surface area contributed by atoms with Crippen molar-refractivity contribution in [2.45, 2.75) is 50.5 Å². The minimum absolute atomic E-state index is 0.0673. The third-order valence-electron chi connectivity index (χ3n) is 7.58. The van der Waals surface area contributed by atoms with Crippen LogP contribution in [-0.2, 0) is 26.1 Å². The van der Waals surface area contributed by atoms with Crippen LogP contribution < -0.4 is 9.64 Å². The van der Waals surface area contributed by atoms with Gasteiger partial charge in [-0.15, -0.1) is 0 Å². The Bertz CT molecular complexity index is 1120. The van der Waals surface area contributed by atoms with Crippen molar-refractivity contribution in [3.05, 3.63) is 58.1 Å². The standard InChI is InChI=1S/C27H30ClNO5/c1-17(30)34-24-9-6-20(24)14-29-15-27(11-3-4-18-12-21(28)7-8-22(18)27)16-33-25-10-5-19(13-23(25)29)26(31)32-2/h5,7-8,10,12-13,20,24H,3-4,6,9,11,14-16H2,1-2H3/t20-,24+,27-/m0/s1. The molecule has 2 aromatic carbocycles. The number of carbonyl (C=O) groups is 2. The molecule has 34 heavy (non-hydrogen) atoms. The van der Waals surface area contributed by atoms with Crippen LogP contribution in [0.3, 0.4) is 0 Å². The molecule has 5 rings (SSSR count). The van der Waals surface area contributed by atoms with E-state index in [1.54, 1.807) is 6.07 Å². The fourth-order valence-corrected chi connectivity index (χ4v) is 5.95. The third kappa shape index (κ3) is 4.24. The van der Waals surface area contributed by atoms with Crippen LogP contribution >= 0.6 is 11.6 Å². The lowest BCUT2D eigenvalue weighted by Crippen LogP contribution is -2.49. The van der Waals surface area contributed by atoms with Gasteiger partial charge >= 0.3 is 11.9 Å². The summed E-state index contributed by atoms with van der Waals surface area (Å²) in [4.78, 5) is 26.2. The average Bonchev–Trinajstić information content (AvgIpc) is 2.97. The van der Waals surface area contributed by atoms with Crippen molar-refractivity contribution < 1.29 is 23.8 Å². The summed E-state index contributed by atoms with van der Waals surface area (Å²) >= 11 is 6.32. The summed E-state index contributed by atoms with van der Waals surface area (Å²) in [6.07, 6.45) is 4.90. The summed E-state index contributed by atoms with van der Waals surface area (Å²) in [5.41, 5.74) is 3.76. The van der Waals surface area contributed by atoms with Crippen molar-refractivity contribution in [3.8, 4) is 5.75 Å². The lowest BCUT2D eigenvalue weighted by atomic mass is 9.70. The number of hydrogen-bond donors (Lipinski definition) is 0. The quantitative estimate of drug-likeness (QED) is 0.574. The Balaban J connectivity index is 1.53. The van der Waals surface area contributed by atoms with E-state index in [9.17, 15) is 9.59 Å². The summed E-state index contributed by atoms with van der Waals surface area (Å²) < 4.78 is 17.0. The number of aryl methyl sites for hydroxylation is 1. The van der Waals surface area contributed by atoms with Crippen molar-refractivity contribution in [2.75, 3.05) is 31.7 Å². The fraction of sp³-hybridized carbons (Fsp3) is 0.481. The van der Waals surface area contributed by atoms with E-state index in [4.69, 9.17) is 25.8 Å². The molecule has 0 saturated heterocycles. The molecule has 1 saturated carbocycles. The maximum absolute atomic E-state index is 12.3. The normalized spacial score (nSPS) is 25.3. The van der Waals surface area contributed by atoms with E-state index in [1.165, 1.54) is 25.2 Å². The molecular weight excluding hydrogens is 454 g/mol. The molecule has 1 fully saturated rings. The largest absolute Gasteiger partial charge is 0.490 e. The number of fused-ring (bicyclic) bond motifs is 3. The lowest BCUT2D eigenvalue weighted by molar-refractivity contribution is -0.154. The molecule has 2 aromatic rings. The van der Waals surface area contributed by atoms with Gasteiger partial charge in [-0.05, 0) is 73.6 Å². The predicted octanol–water partition coefficient (Wildman–Crippen LogP) is 4.94. The van der Waals surface area contributed by atoms with Gasteiger partial charge in [-0.2, -0.15) is 0 Å². The van der Waals surface area contributed by atoms with Gasteiger partial charge in [0.25, 0.3) is 0 Å². The van der Waals surface area contributed by atoms with E-state index in [-0.39, 0.29) is 29.4 Å². The number of hydrogen-bond acceptors (Lipinski definition) is 6. The Morgan fingerprint density at radius 1 is 1.21 bits per heavy atom. The van der Waals surface area contributed by atoms with Gasteiger partial charge in [0.05, 0.1) is 25.0 Å². The summed E-state index contributed by atoms with van der Waals surface area (Å²) in [6.45, 7) is 3.50. The van der Waals surface area contributed by atoms with Crippen molar-refractivity contribution in [2.24, 2.45) is 5.92 Å². The Hall–Kier alpha value is -2.73. The first kappa shape index (κ1) is 23.0. The van der Waals surface area contributed by atoms with Crippen LogP contribution in [0.15, 0.2) is 36.4 Å². The molecule has 2 aliphatic carbocycles. The zero-order chi connectivity index (χ0) is 23.9. The first-order valence-corrected chi connectivity index (χ1v) is 12.3. The SMILES string of the molecule is COC(=O)c1ccc2c(c1)N(C[C@@H]1CC[C@H]1OC(C)=O)C[C@@]1(CCCc3cc(Cl)ccc31)CO2. The Morgan fingerprint density at radius 2 is 2.06 bits per heavy atom. The average molecular weight is 484 g/mol. The highest BCUT2D eigenvalue weighted by Crippen LogP contribution is 2.45. The van der Waals surface area contributed by atoms with E-state index < -0.39 is 0 Å². The van der Waals surface area contributed by atoms with Crippen LogP contribution in [0.2, 0.25) is 5.02 Å². The van der Waals surface area contributed by atoms with Crippen LogP contribution in [0.25, 0.3) is 0 Å². The second-order valence-electron chi connectivity index (χ2n) is 9.76. The van der Waals surface area contributed by atoms with Gasteiger partial charge in [0.1, 0.15) is 11.9 Å². The van der Waals surface area contributed by atoms with Crippen molar-refractivity contribution >= 4 is 29.2 Å². The van der Waals surface area contributed by atoms with Crippen molar-refractivity contribution in [1.82, 2.24) is 0 Å². The number of benzene rings is 2. The number of carbonyl (C=O) groups excluding carboxylic acids is 2. The Labute approximate surface area is 205 Å². The van der Waals surface area contributed by atoms with Crippen molar-refractivity contribution in [1.29, 1.82) is 0 Å². The maximum atomic E-state index is 12.3. The molecular formula is C27H30ClNO5. The molecule has 0 amide bonds. The highest BCUT2D eigenvalue weighted by molar-refractivity contribution is 6.30. The smallest absolute Gasteiger partial charge is 0.337 e. The van der Waals surface area contributed by atoms with E-state index in [0.717, 1.165) is 61.7 Å². The Kier molecular flexibility index (Phi) is 6.19. The first-order valence-electron chi connectivity index (χ1n) is 11.9. The number of halogens is 1. The molecule has 1 spiro atoms. The van der Waals surface area contributed by atoms with E-state index in [0.29, 0.717) is 12.2 Å². The molecule has 0 radical (unpaired) electrons. The van der Waals surface area contributed by atoms with Crippen LogP contribution in [0.1, 0.15) is 54.1 Å². The van der Waals surface area contributed by atoms with Crippen LogP contribution in [0.4, 0.5) is 5.69 Å². The molecule has 3 atom stereocenters. The first-order chi connectivity index (χ1) is 16.4. The van der Waals surface area contributed by atoms with E-state index >= 15 is 0 Å². The number of rotatable bonds is 4. The monoisotopic (exact) mass is 483 g/mol. The Morgan fingerprint density at radius 3 is 2.79 bits per heavy atom.